The number of nitrogens with zero attached hydrogens (tertiary/aromatic N) is 2. The second-order valence-electron chi connectivity index (χ2n) is 9.84. The van der Waals surface area contributed by atoms with Gasteiger partial charge >= 0.3 is 6.09 Å². The molecule has 0 aliphatic heterocycles. The largest absolute Gasteiger partial charge is 0.444 e. The smallest absolute Gasteiger partial charge is 0.408 e. The van der Waals surface area contributed by atoms with Gasteiger partial charge in [0.2, 0.25) is 17.7 Å². The summed E-state index contributed by atoms with van der Waals surface area (Å²) in [7, 11) is 0. The number of benzene rings is 2. The van der Waals surface area contributed by atoms with Crippen LogP contribution in [0.2, 0.25) is 0 Å². The maximum absolute atomic E-state index is 13.8. The summed E-state index contributed by atoms with van der Waals surface area (Å²) < 4.78 is 5.28. The van der Waals surface area contributed by atoms with Crippen molar-refractivity contribution in [1.82, 2.24) is 15.5 Å². The summed E-state index contributed by atoms with van der Waals surface area (Å²) in [6, 6.07) is 15.8. The van der Waals surface area contributed by atoms with Gasteiger partial charge in [0.25, 0.3) is 0 Å². The van der Waals surface area contributed by atoms with E-state index in [9.17, 15) is 24.4 Å². The molecule has 0 spiro atoms. The van der Waals surface area contributed by atoms with Crippen LogP contribution in [0.3, 0.4) is 0 Å². The summed E-state index contributed by atoms with van der Waals surface area (Å²) in [4.78, 5) is 52.4. The second-order valence-corrected chi connectivity index (χ2v) is 9.84. The highest BCUT2D eigenvalue weighted by molar-refractivity contribution is 5.92. The first kappa shape index (κ1) is 29.8. The number of amides is 4. The first-order chi connectivity index (χ1) is 17.9. The highest BCUT2D eigenvalue weighted by Crippen LogP contribution is 2.24. The van der Waals surface area contributed by atoms with Crippen molar-refractivity contribution in [3.8, 4) is 6.07 Å². The molecular formula is C28H35N5O5. The minimum Gasteiger partial charge on any atom is -0.444 e. The Morgan fingerprint density at radius 1 is 1.05 bits per heavy atom. The number of hydrogen-bond donors (Lipinski definition) is 3. The van der Waals surface area contributed by atoms with E-state index in [0.29, 0.717) is 5.56 Å². The first-order valence-electron chi connectivity index (χ1n) is 12.2. The van der Waals surface area contributed by atoms with Crippen LogP contribution in [0.15, 0.2) is 54.6 Å². The monoisotopic (exact) mass is 521 g/mol. The molecule has 2 atom stereocenters. The van der Waals surface area contributed by atoms with Crippen LogP contribution >= 0.6 is 0 Å². The summed E-state index contributed by atoms with van der Waals surface area (Å²) in [6.45, 7) is 6.64. The zero-order valence-electron chi connectivity index (χ0n) is 22.2. The predicted molar refractivity (Wildman–Crippen MR) is 141 cm³/mol. The standard InChI is InChI=1S/C28H35N5O5/c1-19-10-12-21(13-11-19)24(25(35)31-18-20-8-6-5-7-9-20)33(17-16-29)26(36)22(14-15-23(30)34)32-27(37)38-28(2,3)4/h5-13,22,24H,14-15,17-18H2,1-4H3,(H2,30,34)(H,31,35)(H,32,37). The van der Waals surface area contributed by atoms with Crippen LogP contribution < -0.4 is 16.4 Å². The summed E-state index contributed by atoms with van der Waals surface area (Å²) in [5.41, 5.74) is 6.74. The number of carbonyl (C=O) groups excluding carboxylic acids is 4. The number of ether oxygens (including phenoxy) is 1. The summed E-state index contributed by atoms with van der Waals surface area (Å²) >= 11 is 0. The molecule has 0 fully saturated rings. The van der Waals surface area contributed by atoms with Gasteiger partial charge in [0.15, 0.2) is 0 Å². The molecule has 10 nitrogen and oxygen atoms in total. The van der Waals surface area contributed by atoms with E-state index in [2.05, 4.69) is 10.6 Å². The molecule has 2 unspecified atom stereocenters. The number of nitrogens with two attached hydrogens (primary N) is 1. The molecule has 0 radical (unpaired) electrons. The lowest BCUT2D eigenvalue weighted by atomic mass is 10.0. The highest BCUT2D eigenvalue weighted by Gasteiger charge is 2.36. The average molecular weight is 522 g/mol. The Morgan fingerprint density at radius 2 is 1.68 bits per heavy atom. The molecule has 0 aliphatic carbocycles. The number of carbonyl (C=O) groups is 4. The Morgan fingerprint density at radius 3 is 2.24 bits per heavy atom. The fraction of sp³-hybridized carbons (Fsp3) is 0.393. The fourth-order valence-electron chi connectivity index (χ4n) is 3.67. The normalized spacial score (nSPS) is 12.4. The maximum atomic E-state index is 13.8. The van der Waals surface area contributed by atoms with Gasteiger partial charge in [-0.3, -0.25) is 14.4 Å². The van der Waals surface area contributed by atoms with Crippen molar-refractivity contribution in [2.45, 2.75) is 64.8 Å². The SMILES string of the molecule is Cc1ccc(C(C(=O)NCc2ccccc2)N(CC#N)C(=O)C(CCC(N)=O)NC(=O)OC(C)(C)C)cc1. The van der Waals surface area contributed by atoms with Gasteiger partial charge in [0.05, 0.1) is 6.07 Å². The van der Waals surface area contributed by atoms with Gasteiger partial charge in [-0.15, -0.1) is 0 Å². The van der Waals surface area contributed by atoms with E-state index in [1.165, 1.54) is 0 Å². The third kappa shape index (κ3) is 9.58. The van der Waals surface area contributed by atoms with Gasteiger partial charge in [0.1, 0.15) is 24.2 Å². The molecular weight excluding hydrogens is 486 g/mol. The van der Waals surface area contributed by atoms with E-state index in [1.807, 2.05) is 43.3 Å². The van der Waals surface area contributed by atoms with Crippen molar-refractivity contribution in [2.24, 2.45) is 5.73 Å². The number of hydrogen-bond acceptors (Lipinski definition) is 6. The van der Waals surface area contributed by atoms with Crippen molar-refractivity contribution in [2.75, 3.05) is 6.54 Å². The van der Waals surface area contributed by atoms with Gasteiger partial charge in [-0.25, -0.2) is 4.79 Å². The molecule has 2 rings (SSSR count). The van der Waals surface area contributed by atoms with E-state index in [1.54, 1.807) is 45.0 Å². The van der Waals surface area contributed by atoms with Gasteiger partial charge in [-0.1, -0.05) is 60.2 Å². The van der Waals surface area contributed by atoms with Crippen LogP contribution in [-0.2, 0) is 25.7 Å². The molecule has 202 valence electrons. The van der Waals surface area contributed by atoms with E-state index in [-0.39, 0.29) is 19.4 Å². The molecule has 2 aromatic carbocycles. The quantitative estimate of drug-likeness (QED) is 0.386. The van der Waals surface area contributed by atoms with E-state index >= 15 is 0 Å². The van der Waals surface area contributed by atoms with Crippen LogP contribution in [-0.4, -0.2) is 46.9 Å². The number of nitrogens with one attached hydrogen (secondary N) is 2. The number of nitriles is 1. The van der Waals surface area contributed by atoms with E-state index in [4.69, 9.17) is 10.5 Å². The molecule has 0 aliphatic rings. The number of aryl methyl sites for hydroxylation is 1. The topological polar surface area (TPSA) is 155 Å². The van der Waals surface area contributed by atoms with Crippen molar-refractivity contribution >= 4 is 23.8 Å². The zero-order chi connectivity index (χ0) is 28.3. The summed E-state index contributed by atoms with van der Waals surface area (Å²) in [5, 5.41) is 14.9. The molecule has 38 heavy (non-hydrogen) atoms. The molecule has 2 aromatic rings. The minimum atomic E-state index is -1.26. The van der Waals surface area contributed by atoms with E-state index < -0.39 is 48.0 Å². The van der Waals surface area contributed by atoms with Crippen LogP contribution in [0.5, 0.6) is 0 Å². The first-order valence-corrected chi connectivity index (χ1v) is 12.2. The van der Waals surface area contributed by atoms with Crippen LogP contribution in [0.1, 0.15) is 56.3 Å². The molecule has 10 heteroatoms. The Hall–Kier alpha value is -4.39. The number of rotatable bonds is 11. The van der Waals surface area contributed by atoms with Crippen molar-refractivity contribution in [3.63, 3.8) is 0 Å². The van der Waals surface area contributed by atoms with Crippen molar-refractivity contribution < 1.29 is 23.9 Å². The Labute approximate surface area is 223 Å². The molecule has 4 N–H and O–H groups in total. The maximum Gasteiger partial charge on any atom is 0.408 e. The van der Waals surface area contributed by atoms with Crippen LogP contribution in [0.4, 0.5) is 4.79 Å². The highest BCUT2D eigenvalue weighted by atomic mass is 16.6. The van der Waals surface area contributed by atoms with Gasteiger partial charge < -0.3 is 26.0 Å². The lowest BCUT2D eigenvalue weighted by molar-refractivity contribution is -0.142. The van der Waals surface area contributed by atoms with Gasteiger partial charge in [-0.05, 0) is 45.2 Å². The molecule has 0 heterocycles. The predicted octanol–water partition coefficient (Wildman–Crippen LogP) is 2.86. The van der Waals surface area contributed by atoms with Crippen molar-refractivity contribution in [3.05, 3.63) is 71.3 Å². The third-order valence-electron chi connectivity index (χ3n) is 5.46. The average Bonchev–Trinajstić information content (AvgIpc) is 2.85. The molecule has 0 aromatic heterocycles. The minimum absolute atomic E-state index is 0.137. The third-order valence-corrected chi connectivity index (χ3v) is 5.46. The Bertz CT molecular complexity index is 1150. The fourth-order valence-corrected chi connectivity index (χ4v) is 3.67. The van der Waals surface area contributed by atoms with E-state index in [0.717, 1.165) is 16.0 Å². The Balaban J connectivity index is 2.43. The summed E-state index contributed by atoms with van der Waals surface area (Å²) in [5.74, 6) is -1.90. The summed E-state index contributed by atoms with van der Waals surface area (Å²) in [6.07, 6.45) is -1.22. The van der Waals surface area contributed by atoms with Gasteiger partial charge in [0, 0.05) is 13.0 Å². The lowest BCUT2D eigenvalue weighted by Crippen LogP contribution is -2.53. The number of primary amides is 1. The van der Waals surface area contributed by atoms with Crippen LogP contribution in [0, 0.1) is 18.3 Å². The van der Waals surface area contributed by atoms with Crippen LogP contribution in [0.25, 0.3) is 0 Å². The molecule has 0 saturated carbocycles. The molecule has 4 amide bonds. The number of alkyl carbamates (subject to hydrolysis) is 1. The van der Waals surface area contributed by atoms with Crippen molar-refractivity contribution in [1.29, 1.82) is 5.26 Å². The Kier molecular flexibility index (Phi) is 10.8. The lowest BCUT2D eigenvalue weighted by Gasteiger charge is -2.33. The van der Waals surface area contributed by atoms with Gasteiger partial charge in [-0.2, -0.15) is 5.26 Å². The second kappa shape index (κ2) is 13.8. The zero-order valence-corrected chi connectivity index (χ0v) is 22.2. The molecule has 0 saturated heterocycles. The molecule has 0 bridgehead atoms.